The molecular weight excluding hydrogens is 275 g/mol. The Kier molecular flexibility index (Phi) is 5.95. The predicted molar refractivity (Wildman–Crippen MR) is 73.9 cm³/mol. The van der Waals surface area contributed by atoms with Crippen molar-refractivity contribution >= 4 is 35.3 Å². The maximum Gasteiger partial charge on any atom is 0.271 e. The quantitative estimate of drug-likeness (QED) is 0.666. The maximum absolute atomic E-state index is 11.7. The lowest BCUT2D eigenvalue weighted by Gasteiger charge is -2.07. The summed E-state index contributed by atoms with van der Waals surface area (Å²) < 4.78 is 5.00. The number of benzene rings is 1. The van der Waals surface area contributed by atoms with Gasteiger partial charge >= 0.3 is 0 Å². The van der Waals surface area contributed by atoms with Gasteiger partial charge in [-0.05, 0) is 18.6 Å². The van der Waals surface area contributed by atoms with Gasteiger partial charge in [-0.15, -0.1) is 0 Å². The summed E-state index contributed by atoms with van der Waals surface area (Å²) in [5.41, 5.74) is 2.73. The second-order valence-corrected chi connectivity index (χ2v) is 4.33. The Balaban J connectivity index is 2.81. The molecule has 0 unspecified atom stereocenters. The average Bonchev–Trinajstić information content (AvgIpc) is 2.34. The summed E-state index contributed by atoms with van der Waals surface area (Å²) in [7, 11) is 1.46. The first kappa shape index (κ1) is 14.8. The molecule has 0 aliphatic heterocycles. The molecule has 6 heteroatoms. The van der Waals surface area contributed by atoms with Crippen LogP contribution in [-0.4, -0.2) is 19.2 Å². The number of ether oxygens (including phenoxy) is 1. The monoisotopic (exact) mass is 288 g/mol. The van der Waals surface area contributed by atoms with Crippen molar-refractivity contribution in [1.29, 1.82) is 0 Å². The number of carbonyl (C=O) groups is 1. The van der Waals surface area contributed by atoms with Gasteiger partial charge in [-0.1, -0.05) is 36.5 Å². The number of halogens is 2. The van der Waals surface area contributed by atoms with E-state index in [2.05, 4.69) is 10.5 Å². The highest BCUT2D eigenvalue weighted by Gasteiger charge is 2.12. The first-order valence-electron chi connectivity index (χ1n) is 5.45. The average molecular weight is 289 g/mol. The van der Waals surface area contributed by atoms with Crippen LogP contribution in [0.4, 0.5) is 0 Å². The van der Waals surface area contributed by atoms with Gasteiger partial charge in [0.05, 0.1) is 17.2 Å². The summed E-state index contributed by atoms with van der Waals surface area (Å²) in [6.07, 6.45) is 3.43. The molecule has 18 heavy (non-hydrogen) atoms. The van der Waals surface area contributed by atoms with Crippen LogP contribution in [0, 0.1) is 0 Å². The summed E-state index contributed by atoms with van der Waals surface area (Å²) in [6, 6.07) is 2.97. The molecule has 1 N–H and O–H groups in total. The van der Waals surface area contributed by atoms with Gasteiger partial charge in [0.25, 0.3) is 5.91 Å². The van der Waals surface area contributed by atoms with Crippen molar-refractivity contribution in [3.8, 4) is 5.75 Å². The second-order valence-electron chi connectivity index (χ2n) is 3.51. The van der Waals surface area contributed by atoms with E-state index in [4.69, 9.17) is 27.9 Å². The van der Waals surface area contributed by atoms with Crippen LogP contribution in [-0.2, 0) is 0 Å². The van der Waals surface area contributed by atoms with E-state index in [0.717, 1.165) is 12.8 Å². The first-order valence-corrected chi connectivity index (χ1v) is 6.20. The molecule has 0 atom stereocenters. The molecule has 0 spiro atoms. The van der Waals surface area contributed by atoms with E-state index in [1.807, 2.05) is 6.92 Å². The lowest BCUT2D eigenvalue weighted by molar-refractivity contribution is 0.0955. The van der Waals surface area contributed by atoms with E-state index in [1.165, 1.54) is 19.2 Å². The Morgan fingerprint density at radius 2 is 2.06 bits per heavy atom. The van der Waals surface area contributed by atoms with Crippen molar-refractivity contribution in [1.82, 2.24) is 5.43 Å². The SMILES string of the molecule is CCC/C=N/NC(=O)c1cc(Cl)c(OC)c(Cl)c1. The predicted octanol–water partition coefficient (Wildman–Crippen LogP) is 3.52. The number of nitrogens with zero attached hydrogens (tertiary/aromatic N) is 1. The molecule has 0 radical (unpaired) electrons. The summed E-state index contributed by atoms with van der Waals surface area (Å²) in [4.78, 5) is 11.7. The fourth-order valence-electron chi connectivity index (χ4n) is 1.25. The molecule has 0 fully saturated rings. The van der Waals surface area contributed by atoms with Crippen LogP contribution in [0.1, 0.15) is 30.1 Å². The smallest absolute Gasteiger partial charge is 0.271 e. The molecule has 0 bridgehead atoms. The number of nitrogens with one attached hydrogen (secondary N) is 1. The topological polar surface area (TPSA) is 50.7 Å². The van der Waals surface area contributed by atoms with Gasteiger partial charge in [0.2, 0.25) is 0 Å². The Bertz CT molecular complexity index is 438. The van der Waals surface area contributed by atoms with Crippen molar-refractivity contribution in [3.05, 3.63) is 27.7 Å². The van der Waals surface area contributed by atoms with Gasteiger partial charge in [0, 0.05) is 11.8 Å². The van der Waals surface area contributed by atoms with Gasteiger partial charge < -0.3 is 4.74 Å². The van der Waals surface area contributed by atoms with E-state index < -0.39 is 0 Å². The van der Waals surface area contributed by atoms with Gasteiger partial charge in [-0.3, -0.25) is 4.79 Å². The number of rotatable bonds is 5. The van der Waals surface area contributed by atoms with E-state index >= 15 is 0 Å². The Morgan fingerprint density at radius 1 is 1.44 bits per heavy atom. The fraction of sp³-hybridized carbons (Fsp3) is 0.333. The molecular formula is C12H14Cl2N2O2. The molecule has 1 amide bonds. The molecule has 0 saturated heterocycles. The number of amides is 1. The van der Waals surface area contributed by atoms with Gasteiger partial charge in [-0.2, -0.15) is 5.10 Å². The first-order chi connectivity index (χ1) is 8.60. The van der Waals surface area contributed by atoms with Crippen molar-refractivity contribution in [2.24, 2.45) is 5.10 Å². The number of methoxy groups -OCH3 is 1. The van der Waals surface area contributed by atoms with Crippen LogP contribution in [0.15, 0.2) is 17.2 Å². The Morgan fingerprint density at radius 3 is 2.56 bits per heavy atom. The van der Waals surface area contributed by atoms with E-state index in [-0.39, 0.29) is 16.0 Å². The summed E-state index contributed by atoms with van der Waals surface area (Å²) in [6.45, 7) is 2.02. The highest BCUT2D eigenvalue weighted by Crippen LogP contribution is 2.33. The summed E-state index contributed by atoms with van der Waals surface area (Å²) in [5.74, 6) is -0.0156. The van der Waals surface area contributed by atoms with E-state index in [9.17, 15) is 4.79 Å². The molecule has 4 nitrogen and oxygen atoms in total. The Labute approximate surface area is 116 Å². The number of hydrogen-bond donors (Lipinski definition) is 1. The van der Waals surface area contributed by atoms with Crippen LogP contribution in [0.2, 0.25) is 10.0 Å². The minimum Gasteiger partial charge on any atom is -0.494 e. The third-order valence-electron chi connectivity index (χ3n) is 2.14. The molecule has 0 aromatic heterocycles. The number of hydrogen-bond acceptors (Lipinski definition) is 3. The zero-order valence-corrected chi connectivity index (χ0v) is 11.7. The number of carbonyl (C=O) groups excluding carboxylic acids is 1. The summed E-state index contributed by atoms with van der Waals surface area (Å²) in [5, 5.41) is 4.37. The largest absolute Gasteiger partial charge is 0.494 e. The molecule has 1 aromatic carbocycles. The van der Waals surface area contributed by atoms with Crippen molar-refractivity contribution in [2.45, 2.75) is 19.8 Å². The normalized spacial score (nSPS) is 10.7. The molecule has 1 rings (SSSR count). The van der Waals surface area contributed by atoms with Gasteiger partial charge in [-0.25, -0.2) is 5.43 Å². The Hall–Kier alpha value is -1.26. The zero-order valence-electron chi connectivity index (χ0n) is 10.2. The zero-order chi connectivity index (χ0) is 13.5. The number of hydrazone groups is 1. The molecule has 0 aliphatic rings. The van der Waals surface area contributed by atoms with Crippen LogP contribution in [0.3, 0.4) is 0 Å². The van der Waals surface area contributed by atoms with Gasteiger partial charge in [0.15, 0.2) is 5.75 Å². The van der Waals surface area contributed by atoms with Crippen molar-refractivity contribution in [3.63, 3.8) is 0 Å². The van der Waals surface area contributed by atoms with Crippen LogP contribution >= 0.6 is 23.2 Å². The highest BCUT2D eigenvalue weighted by atomic mass is 35.5. The third-order valence-corrected chi connectivity index (χ3v) is 2.70. The van der Waals surface area contributed by atoms with Crippen LogP contribution in [0.5, 0.6) is 5.75 Å². The highest BCUT2D eigenvalue weighted by molar-refractivity contribution is 6.37. The minimum atomic E-state index is -0.367. The fourth-order valence-corrected chi connectivity index (χ4v) is 1.89. The molecule has 0 saturated carbocycles. The van der Waals surface area contributed by atoms with Crippen LogP contribution in [0.25, 0.3) is 0 Å². The molecule has 0 heterocycles. The minimum absolute atomic E-state index is 0.285. The van der Waals surface area contributed by atoms with E-state index in [0.29, 0.717) is 11.3 Å². The third kappa shape index (κ3) is 3.89. The lowest BCUT2D eigenvalue weighted by atomic mass is 10.2. The van der Waals surface area contributed by atoms with Crippen LogP contribution < -0.4 is 10.2 Å². The molecule has 0 aliphatic carbocycles. The maximum atomic E-state index is 11.7. The standard InChI is InChI=1S/C12H14Cl2N2O2/c1-3-4-5-15-16-12(17)8-6-9(13)11(18-2)10(14)7-8/h5-7H,3-4H2,1-2H3,(H,16,17)/b15-5+. The van der Waals surface area contributed by atoms with Gasteiger partial charge in [0.1, 0.15) is 0 Å². The molecule has 98 valence electrons. The summed E-state index contributed by atoms with van der Waals surface area (Å²) >= 11 is 11.9. The second kappa shape index (κ2) is 7.24. The molecule has 1 aromatic rings. The van der Waals surface area contributed by atoms with E-state index in [1.54, 1.807) is 6.21 Å². The van der Waals surface area contributed by atoms with Crippen molar-refractivity contribution < 1.29 is 9.53 Å². The number of unbranched alkanes of at least 4 members (excludes halogenated alkanes) is 1. The lowest BCUT2D eigenvalue weighted by Crippen LogP contribution is -2.17. The van der Waals surface area contributed by atoms with Crippen molar-refractivity contribution in [2.75, 3.05) is 7.11 Å².